The van der Waals surface area contributed by atoms with Crippen molar-refractivity contribution in [1.82, 2.24) is 16.2 Å². The number of hydrogen-bond donors (Lipinski definition) is 3. The van der Waals surface area contributed by atoms with Crippen LogP contribution in [0.2, 0.25) is 5.02 Å². The first-order chi connectivity index (χ1) is 14.5. The van der Waals surface area contributed by atoms with Crippen molar-refractivity contribution in [2.45, 2.75) is 26.2 Å². The summed E-state index contributed by atoms with van der Waals surface area (Å²) in [5.41, 5.74) is 6.78. The third-order valence-corrected chi connectivity index (χ3v) is 5.08. The summed E-state index contributed by atoms with van der Waals surface area (Å²) in [5.74, 6) is -0.354. The maximum atomic E-state index is 12.0. The molecule has 0 fully saturated rings. The third-order valence-electron chi connectivity index (χ3n) is 4.01. The second-order valence-corrected chi connectivity index (χ2v) is 9.26. The molecule has 0 aliphatic rings. The molecule has 3 N–H and O–H groups in total. The number of ether oxygens (including phenoxy) is 1. The average molecular weight is 525 g/mol. The van der Waals surface area contributed by atoms with Crippen LogP contribution in [0.3, 0.4) is 0 Å². The van der Waals surface area contributed by atoms with Gasteiger partial charge in [0.05, 0.1) is 4.47 Å². The molecule has 2 aromatic rings. The van der Waals surface area contributed by atoms with Gasteiger partial charge in [-0.1, -0.05) is 50.6 Å². The van der Waals surface area contributed by atoms with Crippen LogP contribution in [0.1, 0.15) is 31.9 Å². The van der Waals surface area contributed by atoms with Gasteiger partial charge in [0.2, 0.25) is 5.91 Å². The fourth-order valence-corrected chi connectivity index (χ4v) is 3.09. The number of thiocarbonyl (C=S) groups is 1. The second-order valence-electron chi connectivity index (χ2n) is 7.56. The summed E-state index contributed by atoms with van der Waals surface area (Å²) in [5, 5.41) is 2.99. The molecule has 0 spiro atoms. The molecule has 0 aromatic heterocycles. The van der Waals surface area contributed by atoms with Crippen LogP contribution in [0.4, 0.5) is 0 Å². The lowest BCUT2D eigenvalue weighted by molar-refractivity contribution is -0.123. The number of carbonyl (C=O) groups is 2. The number of hydrogen-bond acceptors (Lipinski definition) is 4. The molecule has 0 atom stereocenters. The Labute approximate surface area is 200 Å². The molecule has 164 valence electrons. The molecule has 0 saturated heterocycles. The summed E-state index contributed by atoms with van der Waals surface area (Å²) in [4.78, 5) is 23.9. The van der Waals surface area contributed by atoms with Gasteiger partial charge in [0.15, 0.2) is 11.7 Å². The molecule has 0 heterocycles. The SMILES string of the molecule is CC(C)(C)c1ccc(OCC(=O)NNC(=S)NC(=O)/C=C/c2ccc(Cl)cc2)c(Br)c1. The fraction of sp³-hybridized carbons (Fsp3) is 0.227. The maximum absolute atomic E-state index is 12.0. The predicted octanol–water partition coefficient (Wildman–Crippen LogP) is 4.51. The molecule has 0 aliphatic carbocycles. The summed E-state index contributed by atoms with van der Waals surface area (Å²) in [6.45, 7) is 6.12. The van der Waals surface area contributed by atoms with Gasteiger partial charge in [-0.15, -0.1) is 0 Å². The van der Waals surface area contributed by atoms with Gasteiger partial charge < -0.3 is 4.74 Å². The molecule has 2 aromatic carbocycles. The highest BCUT2D eigenvalue weighted by molar-refractivity contribution is 9.10. The molecule has 6 nitrogen and oxygen atoms in total. The van der Waals surface area contributed by atoms with E-state index in [-0.39, 0.29) is 17.1 Å². The minimum atomic E-state index is -0.458. The molecular weight excluding hydrogens is 502 g/mol. The van der Waals surface area contributed by atoms with Crippen LogP contribution < -0.4 is 20.9 Å². The van der Waals surface area contributed by atoms with E-state index in [1.54, 1.807) is 30.3 Å². The number of amides is 2. The molecule has 31 heavy (non-hydrogen) atoms. The average Bonchev–Trinajstić information content (AvgIpc) is 2.70. The van der Waals surface area contributed by atoms with E-state index >= 15 is 0 Å². The second kappa shape index (κ2) is 11.3. The Morgan fingerprint density at radius 2 is 1.81 bits per heavy atom. The van der Waals surface area contributed by atoms with Gasteiger partial charge >= 0.3 is 0 Å². The van der Waals surface area contributed by atoms with Crippen molar-refractivity contribution in [3.63, 3.8) is 0 Å². The first kappa shape index (κ1) is 24.8. The van der Waals surface area contributed by atoms with Crippen molar-refractivity contribution in [3.05, 3.63) is 69.2 Å². The van der Waals surface area contributed by atoms with Crippen molar-refractivity contribution in [1.29, 1.82) is 0 Å². The quantitative estimate of drug-likeness (QED) is 0.305. The number of nitrogens with one attached hydrogen (secondary N) is 3. The fourth-order valence-electron chi connectivity index (χ4n) is 2.32. The van der Waals surface area contributed by atoms with E-state index < -0.39 is 11.8 Å². The Morgan fingerprint density at radius 3 is 2.42 bits per heavy atom. The highest BCUT2D eigenvalue weighted by Crippen LogP contribution is 2.31. The van der Waals surface area contributed by atoms with Crippen LogP contribution in [-0.4, -0.2) is 23.5 Å². The van der Waals surface area contributed by atoms with Gasteiger partial charge in [0.25, 0.3) is 5.91 Å². The monoisotopic (exact) mass is 523 g/mol. The van der Waals surface area contributed by atoms with Crippen LogP contribution in [0.25, 0.3) is 6.08 Å². The van der Waals surface area contributed by atoms with Crippen LogP contribution in [0.15, 0.2) is 53.0 Å². The van der Waals surface area contributed by atoms with Gasteiger partial charge in [-0.2, -0.15) is 0 Å². The largest absolute Gasteiger partial charge is 0.483 e. The molecule has 0 aliphatic heterocycles. The zero-order valence-corrected chi connectivity index (χ0v) is 20.5. The van der Waals surface area contributed by atoms with Gasteiger partial charge in [0, 0.05) is 11.1 Å². The van der Waals surface area contributed by atoms with Gasteiger partial charge in [0.1, 0.15) is 5.75 Å². The Morgan fingerprint density at radius 1 is 1.13 bits per heavy atom. The van der Waals surface area contributed by atoms with E-state index in [0.717, 1.165) is 15.6 Å². The van der Waals surface area contributed by atoms with E-state index in [4.69, 9.17) is 28.6 Å². The minimum absolute atomic E-state index is 0.00643. The smallest absolute Gasteiger partial charge is 0.276 e. The van der Waals surface area contributed by atoms with Crippen LogP contribution in [0.5, 0.6) is 5.75 Å². The summed E-state index contributed by atoms with van der Waals surface area (Å²) >= 11 is 14.3. The molecule has 2 rings (SSSR count). The van der Waals surface area contributed by atoms with E-state index in [9.17, 15) is 9.59 Å². The van der Waals surface area contributed by atoms with Gasteiger partial charge in [-0.05, 0) is 75.0 Å². The molecule has 9 heteroatoms. The molecule has 0 unspecified atom stereocenters. The number of hydrazine groups is 1. The Kier molecular flexibility index (Phi) is 9.03. The topological polar surface area (TPSA) is 79.5 Å². The number of carbonyl (C=O) groups excluding carboxylic acids is 2. The van der Waals surface area contributed by atoms with Crippen molar-refractivity contribution in [2.75, 3.05) is 6.61 Å². The first-order valence-corrected chi connectivity index (χ1v) is 10.9. The molecular formula is C22H23BrClN3O3S. The zero-order chi connectivity index (χ0) is 23.0. The predicted molar refractivity (Wildman–Crippen MR) is 131 cm³/mol. The maximum Gasteiger partial charge on any atom is 0.276 e. The highest BCUT2D eigenvalue weighted by atomic mass is 79.9. The summed E-state index contributed by atoms with van der Waals surface area (Å²) in [6.07, 6.45) is 2.93. The number of benzene rings is 2. The van der Waals surface area contributed by atoms with Gasteiger partial charge in [-0.25, -0.2) is 0 Å². The van der Waals surface area contributed by atoms with Crippen molar-refractivity contribution in [3.8, 4) is 5.75 Å². The Balaban J connectivity index is 1.75. The van der Waals surface area contributed by atoms with Gasteiger partial charge in [-0.3, -0.25) is 25.8 Å². The molecule has 0 bridgehead atoms. The van der Waals surface area contributed by atoms with Crippen molar-refractivity contribution in [2.24, 2.45) is 0 Å². The summed E-state index contributed by atoms with van der Waals surface area (Å²) in [7, 11) is 0. The third kappa shape index (κ3) is 8.69. The van der Waals surface area contributed by atoms with Crippen molar-refractivity contribution < 1.29 is 14.3 Å². The lowest BCUT2D eigenvalue weighted by Crippen LogP contribution is -2.49. The molecule has 0 saturated carbocycles. The highest BCUT2D eigenvalue weighted by Gasteiger charge is 2.15. The normalized spacial score (nSPS) is 11.1. The zero-order valence-electron chi connectivity index (χ0n) is 17.3. The van der Waals surface area contributed by atoms with Crippen LogP contribution >= 0.6 is 39.7 Å². The minimum Gasteiger partial charge on any atom is -0.483 e. The van der Waals surface area contributed by atoms with Crippen molar-refractivity contribution >= 4 is 62.8 Å². The van der Waals surface area contributed by atoms with Crippen LogP contribution in [0, 0.1) is 0 Å². The molecule has 2 amide bonds. The van der Waals surface area contributed by atoms with Crippen LogP contribution in [-0.2, 0) is 15.0 Å². The Hall–Kier alpha value is -2.42. The summed E-state index contributed by atoms with van der Waals surface area (Å²) in [6, 6.07) is 12.7. The number of rotatable bonds is 5. The van der Waals surface area contributed by atoms with E-state index in [1.165, 1.54) is 6.08 Å². The van der Waals surface area contributed by atoms with E-state index in [0.29, 0.717) is 10.8 Å². The Bertz CT molecular complexity index is 988. The number of halogens is 2. The lowest BCUT2D eigenvalue weighted by atomic mass is 9.87. The first-order valence-electron chi connectivity index (χ1n) is 9.31. The van der Waals surface area contributed by atoms with E-state index in [2.05, 4.69) is 52.9 Å². The van der Waals surface area contributed by atoms with E-state index in [1.807, 2.05) is 18.2 Å². The summed E-state index contributed by atoms with van der Waals surface area (Å²) < 4.78 is 6.29. The molecule has 0 radical (unpaired) electrons. The standard InChI is InChI=1S/C22H23BrClN3O3S/c1-22(2,3)15-7-10-18(17(23)12-15)30-13-20(29)26-27-21(31)25-19(28)11-6-14-4-8-16(24)9-5-14/h4-12H,13H2,1-3H3,(H,26,29)(H2,25,27,28,31)/b11-6+. The lowest BCUT2D eigenvalue weighted by Gasteiger charge is -2.20.